The number of aliphatic hydroxyl groups excluding tert-OH is 1. The van der Waals surface area contributed by atoms with Crippen LogP contribution in [0.2, 0.25) is 0 Å². The van der Waals surface area contributed by atoms with Gasteiger partial charge in [0.25, 0.3) is 0 Å². The minimum atomic E-state index is -0.274. The molecule has 1 aromatic rings. The van der Waals surface area contributed by atoms with Crippen molar-refractivity contribution in [1.82, 2.24) is 10.2 Å². The van der Waals surface area contributed by atoms with Gasteiger partial charge in [-0.05, 0) is 50.9 Å². The minimum absolute atomic E-state index is 0.274. The van der Waals surface area contributed by atoms with E-state index in [9.17, 15) is 5.11 Å². The Bertz CT molecular complexity index is 388. The number of nitrogens with zero attached hydrogens (tertiary/aromatic N) is 1. The molecule has 0 aliphatic carbocycles. The average Bonchev–Trinajstić information content (AvgIpc) is 2.89. The molecule has 2 rings (SSSR count). The fourth-order valence-corrected chi connectivity index (χ4v) is 2.82. The van der Waals surface area contributed by atoms with Crippen molar-refractivity contribution in [2.75, 3.05) is 26.2 Å². The summed E-state index contributed by atoms with van der Waals surface area (Å²) in [6.07, 6.45) is 2.28. The summed E-state index contributed by atoms with van der Waals surface area (Å²) in [7, 11) is 0. The van der Waals surface area contributed by atoms with E-state index in [0.29, 0.717) is 6.54 Å². The van der Waals surface area contributed by atoms with Crippen molar-refractivity contribution >= 4 is 0 Å². The van der Waals surface area contributed by atoms with Gasteiger partial charge < -0.3 is 15.3 Å². The van der Waals surface area contributed by atoms with E-state index < -0.39 is 0 Å². The number of likely N-dealkylation sites (tertiary alicyclic amines) is 1. The molecule has 0 saturated carbocycles. The lowest BCUT2D eigenvalue weighted by molar-refractivity contribution is 0.121. The van der Waals surface area contributed by atoms with Crippen LogP contribution in [0, 0.1) is 6.92 Å². The SMILES string of the molecule is Cc1ccccc1[C@H](C)NCC(O)CN1CCCC1. The number of benzene rings is 1. The van der Waals surface area contributed by atoms with Crippen molar-refractivity contribution < 1.29 is 5.11 Å². The lowest BCUT2D eigenvalue weighted by atomic mass is 10.0. The van der Waals surface area contributed by atoms with Crippen LogP contribution in [0.25, 0.3) is 0 Å². The highest BCUT2D eigenvalue weighted by molar-refractivity contribution is 5.28. The van der Waals surface area contributed by atoms with Crippen LogP contribution >= 0.6 is 0 Å². The van der Waals surface area contributed by atoms with E-state index in [2.05, 4.69) is 48.3 Å². The topological polar surface area (TPSA) is 35.5 Å². The molecule has 2 atom stereocenters. The van der Waals surface area contributed by atoms with E-state index in [1.807, 2.05) is 0 Å². The number of β-amino-alcohol motifs (C(OH)–C–C–N with tert-alkyl or cyclic N) is 1. The zero-order valence-corrected chi connectivity index (χ0v) is 12.1. The molecule has 1 heterocycles. The molecule has 2 N–H and O–H groups in total. The second kappa shape index (κ2) is 7.04. The van der Waals surface area contributed by atoms with Gasteiger partial charge in [0.2, 0.25) is 0 Å². The number of hydrogen-bond acceptors (Lipinski definition) is 3. The van der Waals surface area contributed by atoms with Crippen LogP contribution < -0.4 is 5.32 Å². The van der Waals surface area contributed by atoms with Crippen LogP contribution in [0.1, 0.15) is 36.9 Å². The van der Waals surface area contributed by atoms with Gasteiger partial charge in [0.15, 0.2) is 0 Å². The Labute approximate surface area is 116 Å². The summed E-state index contributed by atoms with van der Waals surface area (Å²) in [5.41, 5.74) is 2.62. The van der Waals surface area contributed by atoms with Crippen molar-refractivity contribution in [3.8, 4) is 0 Å². The van der Waals surface area contributed by atoms with Crippen LogP contribution in [0.5, 0.6) is 0 Å². The largest absolute Gasteiger partial charge is 0.390 e. The molecule has 19 heavy (non-hydrogen) atoms. The Morgan fingerprint density at radius 2 is 1.95 bits per heavy atom. The number of aliphatic hydroxyl groups is 1. The average molecular weight is 262 g/mol. The highest BCUT2D eigenvalue weighted by Gasteiger charge is 2.16. The summed E-state index contributed by atoms with van der Waals surface area (Å²) >= 11 is 0. The second-order valence-electron chi connectivity index (χ2n) is 5.65. The molecule has 1 aliphatic rings. The molecule has 3 heteroatoms. The zero-order chi connectivity index (χ0) is 13.7. The zero-order valence-electron chi connectivity index (χ0n) is 12.1. The molecule has 1 fully saturated rings. The number of nitrogens with one attached hydrogen (secondary N) is 1. The second-order valence-corrected chi connectivity index (χ2v) is 5.65. The van der Waals surface area contributed by atoms with Crippen LogP contribution in [-0.2, 0) is 0 Å². The molecule has 0 radical (unpaired) electrons. The molecule has 0 bridgehead atoms. The third kappa shape index (κ3) is 4.30. The highest BCUT2D eigenvalue weighted by atomic mass is 16.3. The standard InChI is InChI=1S/C16H26N2O/c1-13-7-3-4-8-16(13)14(2)17-11-15(19)12-18-9-5-6-10-18/h3-4,7-8,14-15,17,19H,5-6,9-12H2,1-2H3/t14-,15?/m0/s1. The summed E-state index contributed by atoms with van der Waals surface area (Å²) in [6, 6.07) is 8.71. The normalized spacial score (nSPS) is 19.5. The van der Waals surface area contributed by atoms with Gasteiger partial charge in [-0.2, -0.15) is 0 Å². The smallest absolute Gasteiger partial charge is 0.0791 e. The summed E-state index contributed by atoms with van der Waals surface area (Å²) in [5.74, 6) is 0. The fourth-order valence-electron chi connectivity index (χ4n) is 2.82. The summed E-state index contributed by atoms with van der Waals surface area (Å²) < 4.78 is 0. The fraction of sp³-hybridized carbons (Fsp3) is 0.625. The first kappa shape index (κ1) is 14.5. The van der Waals surface area contributed by atoms with Gasteiger partial charge >= 0.3 is 0 Å². The number of hydrogen-bond donors (Lipinski definition) is 2. The van der Waals surface area contributed by atoms with Gasteiger partial charge in [-0.3, -0.25) is 0 Å². The van der Waals surface area contributed by atoms with Gasteiger partial charge in [-0.1, -0.05) is 24.3 Å². The van der Waals surface area contributed by atoms with Crippen molar-refractivity contribution in [3.05, 3.63) is 35.4 Å². The van der Waals surface area contributed by atoms with E-state index >= 15 is 0 Å². The Morgan fingerprint density at radius 1 is 1.26 bits per heavy atom. The van der Waals surface area contributed by atoms with Gasteiger partial charge in [0, 0.05) is 19.1 Å². The molecular weight excluding hydrogens is 236 g/mol. The quantitative estimate of drug-likeness (QED) is 0.824. The molecule has 0 amide bonds. The van der Waals surface area contributed by atoms with Crippen molar-refractivity contribution in [1.29, 1.82) is 0 Å². The first-order valence-corrected chi connectivity index (χ1v) is 7.36. The van der Waals surface area contributed by atoms with Crippen LogP contribution in [0.3, 0.4) is 0 Å². The molecule has 1 saturated heterocycles. The summed E-state index contributed by atoms with van der Waals surface area (Å²) in [5, 5.41) is 13.5. The van der Waals surface area contributed by atoms with Crippen LogP contribution in [-0.4, -0.2) is 42.3 Å². The van der Waals surface area contributed by atoms with E-state index in [1.54, 1.807) is 0 Å². The Kier molecular flexibility index (Phi) is 5.37. The first-order valence-electron chi connectivity index (χ1n) is 7.36. The maximum absolute atomic E-state index is 10.1. The van der Waals surface area contributed by atoms with Gasteiger partial charge in [0.05, 0.1) is 6.10 Å². The molecule has 0 aromatic heterocycles. The van der Waals surface area contributed by atoms with Gasteiger partial charge in [-0.25, -0.2) is 0 Å². The maximum Gasteiger partial charge on any atom is 0.0791 e. The van der Waals surface area contributed by atoms with E-state index in [1.165, 1.54) is 24.0 Å². The Balaban J connectivity index is 1.76. The van der Waals surface area contributed by atoms with Crippen LogP contribution in [0.15, 0.2) is 24.3 Å². The van der Waals surface area contributed by atoms with Crippen molar-refractivity contribution in [2.45, 2.75) is 38.8 Å². The number of rotatable bonds is 6. The monoisotopic (exact) mass is 262 g/mol. The third-order valence-corrected chi connectivity index (χ3v) is 3.98. The highest BCUT2D eigenvalue weighted by Crippen LogP contribution is 2.16. The molecule has 3 nitrogen and oxygen atoms in total. The van der Waals surface area contributed by atoms with Crippen LogP contribution in [0.4, 0.5) is 0 Å². The van der Waals surface area contributed by atoms with E-state index in [-0.39, 0.29) is 12.1 Å². The van der Waals surface area contributed by atoms with Gasteiger partial charge in [-0.15, -0.1) is 0 Å². The molecule has 0 spiro atoms. The van der Waals surface area contributed by atoms with Gasteiger partial charge in [0.1, 0.15) is 0 Å². The molecule has 1 aromatic carbocycles. The van der Waals surface area contributed by atoms with Crippen molar-refractivity contribution in [2.24, 2.45) is 0 Å². The third-order valence-electron chi connectivity index (χ3n) is 3.98. The predicted molar refractivity (Wildman–Crippen MR) is 79.3 cm³/mol. The summed E-state index contributed by atoms with van der Waals surface area (Å²) in [4.78, 5) is 2.35. The molecular formula is C16H26N2O. The Hall–Kier alpha value is -0.900. The lowest BCUT2D eigenvalue weighted by Crippen LogP contribution is -2.37. The van der Waals surface area contributed by atoms with Crippen molar-refractivity contribution in [3.63, 3.8) is 0 Å². The summed E-state index contributed by atoms with van der Waals surface area (Å²) in [6.45, 7) is 8.04. The molecule has 1 unspecified atom stereocenters. The predicted octanol–water partition coefficient (Wildman–Crippen LogP) is 2.10. The Morgan fingerprint density at radius 3 is 2.63 bits per heavy atom. The molecule has 1 aliphatic heterocycles. The maximum atomic E-state index is 10.1. The van der Waals surface area contributed by atoms with E-state index in [0.717, 1.165) is 19.6 Å². The molecule has 106 valence electrons. The lowest BCUT2D eigenvalue weighted by Gasteiger charge is -2.22. The minimum Gasteiger partial charge on any atom is -0.390 e. The van der Waals surface area contributed by atoms with E-state index in [4.69, 9.17) is 0 Å². The first-order chi connectivity index (χ1) is 9.16. The number of aryl methyl sites for hydroxylation is 1.